The minimum atomic E-state index is -0.211. The van der Waals surface area contributed by atoms with Gasteiger partial charge in [0.2, 0.25) is 0 Å². The van der Waals surface area contributed by atoms with E-state index < -0.39 is 0 Å². The van der Waals surface area contributed by atoms with Crippen LogP contribution in [0.15, 0.2) is 103 Å². The normalized spacial score (nSPS) is 10.7. The predicted octanol–water partition coefficient (Wildman–Crippen LogP) is 6.22. The first kappa shape index (κ1) is 20.4. The monoisotopic (exact) mass is 431 g/mol. The number of carbonyl (C=O) groups is 1. The van der Waals surface area contributed by atoms with Crippen LogP contribution in [0.2, 0.25) is 0 Å². The lowest BCUT2D eigenvalue weighted by Crippen LogP contribution is -2.12. The third-order valence-electron chi connectivity index (χ3n) is 5.37. The summed E-state index contributed by atoms with van der Waals surface area (Å²) in [5.41, 5.74) is 6.15. The van der Waals surface area contributed by atoms with E-state index in [4.69, 9.17) is 14.7 Å². The van der Waals surface area contributed by atoms with Crippen LogP contribution in [0, 0.1) is 0 Å². The Hall–Kier alpha value is -4.51. The van der Waals surface area contributed by atoms with E-state index in [0.717, 1.165) is 33.8 Å². The van der Waals surface area contributed by atoms with Crippen molar-refractivity contribution in [2.45, 2.75) is 0 Å². The molecule has 5 nitrogen and oxygen atoms in total. The molecular formula is C28H21N3O2. The number of nitrogens with one attached hydrogen (secondary N) is 1. The molecule has 0 atom stereocenters. The summed E-state index contributed by atoms with van der Waals surface area (Å²) in [6.07, 6.45) is 0. The minimum absolute atomic E-state index is 0.211. The van der Waals surface area contributed by atoms with E-state index in [0.29, 0.717) is 16.8 Å². The molecule has 5 heteroatoms. The molecule has 0 radical (unpaired) electrons. The average molecular weight is 431 g/mol. The smallest absolute Gasteiger partial charge is 0.255 e. The molecule has 5 aromatic rings. The van der Waals surface area contributed by atoms with Gasteiger partial charge in [0.05, 0.1) is 29.5 Å². The molecular weight excluding hydrogens is 410 g/mol. The molecule has 0 spiro atoms. The van der Waals surface area contributed by atoms with Gasteiger partial charge < -0.3 is 10.1 Å². The van der Waals surface area contributed by atoms with E-state index in [1.165, 1.54) is 0 Å². The lowest BCUT2D eigenvalue weighted by molar-refractivity contribution is 0.102. The predicted molar refractivity (Wildman–Crippen MR) is 131 cm³/mol. The molecule has 1 N–H and O–H groups in total. The fraction of sp³-hybridized carbons (Fsp3) is 0.0357. The molecule has 1 heterocycles. The van der Waals surface area contributed by atoms with Crippen LogP contribution in [-0.2, 0) is 0 Å². The van der Waals surface area contributed by atoms with Crippen LogP contribution in [-0.4, -0.2) is 23.0 Å². The quantitative estimate of drug-likeness (QED) is 0.359. The number of rotatable bonds is 5. The summed E-state index contributed by atoms with van der Waals surface area (Å²) in [6, 6.07) is 32.6. The van der Waals surface area contributed by atoms with Crippen molar-refractivity contribution in [1.82, 2.24) is 9.97 Å². The van der Waals surface area contributed by atoms with E-state index in [2.05, 4.69) is 5.32 Å². The van der Waals surface area contributed by atoms with E-state index in [1.807, 2.05) is 66.7 Å². The van der Waals surface area contributed by atoms with Gasteiger partial charge in [-0.05, 0) is 42.5 Å². The molecule has 0 aliphatic heterocycles. The van der Waals surface area contributed by atoms with Crippen molar-refractivity contribution in [3.8, 4) is 28.3 Å². The highest BCUT2D eigenvalue weighted by atomic mass is 16.5. The summed E-state index contributed by atoms with van der Waals surface area (Å²) in [7, 11) is 1.61. The third kappa shape index (κ3) is 4.29. The number of fused-ring (bicyclic) bond motifs is 1. The zero-order valence-electron chi connectivity index (χ0n) is 18.0. The standard InChI is InChI=1S/C28H21N3O2/c1-33-23-15-13-22(14-16-23)29-28(32)21-12-17-24-25(18-21)31-27(20-10-6-3-7-11-20)26(30-24)19-8-4-2-5-9-19/h2-18H,1H3,(H,29,32). The van der Waals surface area contributed by atoms with Crippen LogP contribution >= 0.6 is 0 Å². The molecule has 4 aromatic carbocycles. The molecule has 33 heavy (non-hydrogen) atoms. The molecule has 160 valence electrons. The number of hydrogen-bond donors (Lipinski definition) is 1. The van der Waals surface area contributed by atoms with Crippen LogP contribution in [0.5, 0.6) is 5.75 Å². The Labute approximate surface area is 191 Å². The van der Waals surface area contributed by atoms with Gasteiger partial charge >= 0.3 is 0 Å². The van der Waals surface area contributed by atoms with Gasteiger partial charge in [-0.25, -0.2) is 9.97 Å². The first-order valence-electron chi connectivity index (χ1n) is 10.6. The van der Waals surface area contributed by atoms with Gasteiger partial charge in [-0.1, -0.05) is 60.7 Å². The van der Waals surface area contributed by atoms with Crippen molar-refractivity contribution in [3.63, 3.8) is 0 Å². The first-order valence-corrected chi connectivity index (χ1v) is 10.6. The van der Waals surface area contributed by atoms with Crippen molar-refractivity contribution in [1.29, 1.82) is 0 Å². The number of hydrogen-bond acceptors (Lipinski definition) is 4. The average Bonchev–Trinajstić information content (AvgIpc) is 2.89. The van der Waals surface area contributed by atoms with Crippen LogP contribution in [0.25, 0.3) is 33.5 Å². The van der Waals surface area contributed by atoms with Gasteiger partial charge in [-0.2, -0.15) is 0 Å². The highest BCUT2D eigenvalue weighted by molar-refractivity contribution is 6.06. The summed E-state index contributed by atoms with van der Waals surface area (Å²) in [5.74, 6) is 0.522. The number of nitrogens with zero attached hydrogens (tertiary/aromatic N) is 2. The minimum Gasteiger partial charge on any atom is -0.497 e. The summed E-state index contributed by atoms with van der Waals surface area (Å²) in [6.45, 7) is 0. The van der Waals surface area contributed by atoms with Crippen molar-refractivity contribution < 1.29 is 9.53 Å². The Kier molecular flexibility index (Phi) is 5.52. The third-order valence-corrected chi connectivity index (χ3v) is 5.37. The number of methoxy groups -OCH3 is 1. The molecule has 1 aromatic heterocycles. The highest BCUT2D eigenvalue weighted by Gasteiger charge is 2.15. The van der Waals surface area contributed by atoms with Crippen LogP contribution in [0.3, 0.4) is 0 Å². The Morgan fingerprint density at radius 1 is 0.697 bits per heavy atom. The number of anilines is 1. The van der Waals surface area contributed by atoms with Gasteiger partial charge in [-0.3, -0.25) is 4.79 Å². The van der Waals surface area contributed by atoms with E-state index in [1.54, 1.807) is 43.5 Å². The number of amides is 1. The number of aromatic nitrogens is 2. The zero-order chi connectivity index (χ0) is 22.6. The maximum Gasteiger partial charge on any atom is 0.255 e. The second-order valence-electron chi connectivity index (χ2n) is 7.54. The Balaban J connectivity index is 1.55. The maximum absolute atomic E-state index is 12.9. The van der Waals surface area contributed by atoms with Gasteiger partial charge in [0.1, 0.15) is 5.75 Å². The highest BCUT2D eigenvalue weighted by Crippen LogP contribution is 2.31. The number of benzene rings is 4. The zero-order valence-corrected chi connectivity index (χ0v) is 18.0. The molecule has 0 saturated carbocycles. The van der Waals surface area contributed by atoms with Crippen LogP contribution in [0.4, 0.5) is 5.69 Å². The van der Waals surface area contributed by atoms with E-state index in [-0.39, 0.29) is 5.91 Å². The Morgan fingerprint density at radius 3 is 1.85 bits per heavy atom. The maximum atomic E-state index is 12.9. The van der Waals surface area contributed by atoms with Gasteiger partial charge in [-0.15, -0.1) is 0 Å². The number of ether oxygens (including phenoxy) is 1. The number of carbonyl (C=O) groups excluding carboxylic acids is 1. The Morgan fingerprint density at radius 2 is 1.27 bits per heavy atom. The summed E-state index contributed by atoms with van der Waals surface area (Å²) in [5, 5.41) is 2.92. The SMILES string of the molecule is COc1ccc(NC(=O)c2ccc3nc(-c4ccccc4)c(-c4ccccc4)nc3c2)cc1. The fourth-order valence-corrected chi connectivity index (χ4v) is 3.67. The van der Waals surface area contributed by atoms with Crippen molar-refractivity contribution >= 4 is 22.6 Å². The molecule has 0 fully saturated rings. The molecule has 0 aliphatic carbocycles. The molecule has 0 unspecified atom stereocenters. The lowest BCUT2D eigenvalue weighted by atomic mass is 10.0. The van der Waals surface area contributed by atoms with Crippen molar-refractivity contribution in [2.75, 3.05) is 12.4 Å². The molecule has 1 amide bonds. The first-order chi connectivity index (χ1) is 16.2. The van der Waals surface area contributed by atoms with Crippen molar-refractivity contribution in [3.05, 3.63) is 109 Å². The van der Waals surface area contributed by atoms with Crippen LogP contribution < -0.4 is 10.1 Å². The summed E-state index contributed by atoms with van der Waals surface area (Å²) in [4.78, 5) is 22.7. The van der Waals surface area contributed by atoms with E-state index >= 15 is 0 Å². The summed E-state index contributed by atoms with van der Waals surface area (Å²) < 4.78 is 5.17. The topological polar surface area (TPSA) is 64.1 Å². The molecule has 5 rings (SSSR count). The second-order valence-corrected chi connectivity index (χ2v) is 7.54. The summed E-state index contributed by atoms with van der Waals surface area (Å²) >= 11 is 0. The van der Waals surface area contributed by atoms with Gasteiger partial charge in [0.25, 0.3) is 5.91 Å². The van der Waals surface area contributed by atoms with Gasteiger partial charge in [0, 0.05) is 22.4 Å². The fourth-order valence-electron chi connectivity index (χ4n) is 3.67. The Bertz CT molecular complexity index is 1420. The second kappa shape index (κ2) is 8.93. The van der Waals surface area contributed by atoms with Crippen LogP contribution in [0.1, 0.15) is 10.4 Å². The molecule has 0 aliphatic rings. The lowest BCUT2D eigenvalue weighted by Gasteiger charge is -2.12. The van der Waals surface area contributed by atoms with Gasteiger partial charge in [0.15, 0.2) is 0 Å². The largest absolute Gasteiger partial charge is 0.497 e. The molecule has 0 saturated heterocycles. The van der Waals surface area contributed by atoms with Crippen molar-refractivity contribution in [2.24, 2.45) is 0 Å². The molecule has 0 bridgehead atoms. The van der Waals surface area contributed by atoms with E-state index in [9.17, 15) is 4.79 Å².